The van der Waals surface area contributed by atoms with E-state index >= 15 is 0 Å². The Morgan fingerprint density at radius 2 is 1.31 bits per heavy atom. The van der Waals surface area contributed by atoms with Gasteiger partial charge in [0, 0.05) is 5.92 Å². The van der Waals surface area contributed by atoms with Crippen LogP contribution in [0, 0.1) is 0 Å². The topological polar surface area (TPSA) is 12.5 Å². The van der Waals surface area contributed by atoms with E-state index in [0.29, 0.717) is 5.92 Å². The summed E-state index contributed by atoms with van der Waals surface area (Å²) < 4.78 is 5.84. The molecule has 32 heavy (non-hydrogen) atoms. The maximum atomic E-state index is 5.84. The largest absolute Gasteiger partial charge is 0.370 e. The standard InChI is InChI=1S/C30H36OSi/c1-24(28(21-30(5)23-31-30)25-15-9-6-10-16-25)22-32(29(2,3)4,26-17-11-7-12-18-26)27-19-13-8-14-20-27/h6-20,28H,1,21-23H2,2-5H3. The molecule has 3 aromatic carbocycles. The van der Waals surface area contributed by atoms with Gasteiger partial charge >= 0.3 is 0 Å². The molecule has 0 aromatic heterocycles. The maximum absolute atomic E-state index is 5.84. The Balaban J connectivity index is 1.82. The molecule has 1 aliphatic rings. The Bertz CT molecular complexity index is 991. The summed E-state index contributed by atoms with van der Waals surface area (Å²) in [4.78, 5) is 0. The average Bonchev–Trinajstić information content (AvgIpc) is 3.53. The van der Waals surface area contributed by atoms with Crippen LogP contribution < -0.4 is 10.4 Å². The van der Waals surface area contributed by atoms with E-state index in [1.807, 2.05) is 0 Å². The summed E-state index contributed by atoms with van der Waals surface area (Å²) in [6, 6.07) is 34.4. The lowest BCUT2D eigenvalue weighted by atomic mass is 9.85. The van der Waals surface area contributed by atoms with Gasteiger partial charge < -0.3 is 4.74 Å². The Hall–Kier alpha value is -2.42. The van der Waals surface area contributed by atoms with Crippen LogP contribution in [0.15, 0.2) is 103 Å². The minimum Gasteiger partial charge on any atom is -0.370 e. The van der Waals surface area contributed by atoms with Gasteiger partial charge in [0.25, 0.3) is 0 Å². The van der Waals surface area contributed by atoms with Crippen LogP contribution in [-0.4, -0.2) is 20.3 Å². The normalized spacial score (nSPS) is 19.4. The van der Waals surface area contributed by atoms with E-state index in [2.05, 4.69) is 119 Å². The SMILES string of the molecule is C=C(C[Si](c1ccccc1)(c1ccccc1)C(C)(C)C)C(CC1(C)CO1)c1ccccc1. The van der Waals surface area contributed by atoms with E-state index in [9.17, 15) is 0 Å². The lowest BCUT2D eigenvalue weighted by Gasteiger charge is -2.45. The van der Waals surface area contributed by atoms with Crippen LogP contribution in [0.25, 0.3) is 0 Å². The first kappa shape index (κ1) is 22.8. The third-order valence-electron chi connectivity index (χ3n) is 7.27. The lowest BCUT2D eigenvalue weighted by molar-refractivity contribution is 0.299. The molecule has 1 heterocycles. The van der Waals surface area contributed by atoms with E-state index in [1.54, 1.807) is 0 Å². The second-order valence-electron chi connectivity index (χ2n) is 10.6. The zero-order chi connectivity index (χ0) is 22.8. The number of epoxide rings is 1. The van der Waals surface area contributed by atoms with Gasteiger partial charge in [0.1, 0.15) is 8.07 Å². The van der Waals surface area contributed by atoms with Crippen molar-refractivity contribution in [3.63, 3.8) is 0 Å². The molecule has 0 aliphatic carbocycles. The molecule has 0 spiro atoms. The Morgan fingerprint density at radius 3 is 1.72 bits per heavy atom. The summed E-state index contributed by atoms with van der Waals surface area (Å²) in [5.74, 6) is 0.297. The van der Waals surface area contributed by atoms with Crippen molar-refractivity contribution in [3.8, 4) is 0 Å². The van der Waals surface area contributed by atoms with Crippen molar-refractivity contribution in [2.24, 2.45) is 0 Å². The molecule has 2 atom stereocenters. The van der Waals surface area contributed by atoms with Crippen LogP contribution in [-0.2, 0) is 4.74 Å². The molecule has 0 amide bonds. The van der Waals surface area contributed by atoms with E-state index in [0.717, 1.165) is 19.1 Å². The summed E-state index contributed by atoms with van der Waals surface area (Å²) >= 11 is 0. The second kappa shape index (κ2) is 8.84. The average molecular weight is 441 g/mol. The Kier molecular flexibility index (Phi) is 6.29. The highest BCUT2D eigenvalue weighted by Gasteiger charge is 2.49. The fourth-order valence-corrected chi connectivity index (χ4v) is 10.7. The number of hydrogen-bond acceptors (Lipinski definition) is 1. The minimum absolute atomic E-state index is 0.0190. The molecular weight excluding hydrogens is 404 g/mol. The first-order valence-corrected chi connectivity index (χ1v) is 13.9. The molecule has 0 radical (unpaired) electrons. The van der Waals surface area contributed by atoms with Crippen LogP contribution in [0.3, 0.4) is 0 Å². The molecule has 4 rings (SSSR count). The maximum Gasteiger partial charge on any atom is 0.127 e. The van der Waals surface area contributed by atoms with Gasteiger partial charge in [-0.3, -0.25) is 0 Å². The number of benzene rings is 3. The molecule has 0 saturated carbocycles. The van der Waals surface area contributed by atoms with E-state index in [1.165, 1.54) is 21.5 Å². The van der Waals surface area contributed by atoms with Crippen molar-refractivity contribution in [1.82, 2.24) is 0 Å². The van der Waals surface area contributed by atoms with Crippen molar-refractivity contribution in [1.29, 1.82) is 0 Å². The zero-order valence-electron chi connectivity index (χ0n) is 20.0. The highest BCUT2D eigenvalue weighted by atomic mass is 28.3. The molecule has 166 valence electrons. The number of rotatable bonds is 8. The lowest BCUT2D eigenvalue weighted by Crippen LogP contribution is -2.64. The highest BCUT2D eigenvalue weighted by Crippen LogP contribution is 2.46. The van der Waals surface area contributed by atoms with Crippen molar-refractivity contribution in [3.05, 3.63) is 109 Å². The van der Waals surface area contributed by atoms with Crippen molar-refractivity contribution in [2.45, 2.75) is 56.7 Å². The molecule has 1 saturated heterocycles. The fraction of sp³-hybridized carbons (Fsp3) is 0.333. The van der Waals surface area contributed by atoms with Gasteiger partial charge in [-0.15, -0.1) is 0 Å². The third kappa shape index (κ3) is 4.53. The summed E-state index contributed by atoms with van der Waals surface area (Å²) in [7, 11) is -2.20. The second-order valence-corrected chi connectivity index (χ2v) is 15.4. The van der Waals surface area contributed by atoms with Gasteiger partial charge in [-0.1, -0.05) is 134 Å². The molecule has 2 heteroatoms. The van der Waals surface area contributed by atoms with Crippen LogP contribution in [0.5, 0.6) is 0 Å². The number of ether oxygens (including phenoxy) is 1. The summed E-state index contributed by atoms with van der Waals surface area (Å²) in [6.45, 7) is 15.1. The number of hydrogen-bond donors (Lipinski definition) is 0. The first-order chi connectivity index (χ1) is 15.3. The van der Waals surface area contributed by atoms with Gasteiger partial charge in [0.2, 0.25) is 0 Å². The Labute approximate surface area is 195 Å². The van der Waals surface area contributed by atoms with Crippen LogP contribution in [0.1, 0.15) is 45.6 Å². The molecule has 0 bridgehead atoms. The van der Waals surface area contributed by atoms with E-state index < -0.39 is 8.07 Å². The van der Waals surface area contributed by atoms with Gasteiger partial charge in [-0.25, -0.2) is 0 Å². The first-order valence-electron chi connectivity index (χ1n) is 11.7. The van der Waals surface area contributed by atoms with Crippen LogP contribution >= 0.6 is 0 Å². The van der Waals surface area contributed by atoms with Gasteiger partial charge in [0.05, 0.1) is 12.2 Å². The molecule has 1 nitrogen and oxygen atoms in total. The molecule has 2 unspecified atom stereocenters. The molecule has 1 aliphatic heterocycles. The molecule has 1 fully saturated rings. The molecule has 0 N–H and O–H groups in total. The van der Waals surface area contributed by atoms with Crippen LogP contribution in [0.2, 0.25) is 11.1 Å². The summed E-state index contributed by atoms with van der Waals surface area (Å²) in [6.07, 6.45) is 0.994. The van der Waals surface area contributed by atoms with E-state index in [-0.39, 0.29) is 10.6 Å². The summed E-state index contributed by atoms with van der Waals surface area (Å²) in [5.41, 5.74) is 2.67. The zero-order valence-corrected chi connectivity index (χ0v) is 21.0. The fourth-order valence-electron chi connectivity index (χ4n) is 5.27. The van der Waals surface area contributed by atoms with Crippen molar-refractivity contribution >= 4 is 18.4 Å². The number of allylic oxidation sites excluding steroid dienone is 1. The minimum atomic E-state index is -2.20. The smallest absolute Gasteiger partial charge is 0.127 e. The van der Waals surface area contributed by atoms with Gasteiger partial charge in [-0.2, -0.15) is 0 Å². The van der Waals surface area contributed by atoms with Crippen molar-refractivity contribution in [2.75, 3.05) is 6.61 Å². The predicted molar refractivity (Wildman–Crippen MR) is 140 cm³/mol. The van der Waals surface area contributed by atoms with E-state index in [4.69, 9.17) is 11.3 Å². The predicted octanol–water partition coefficient (Wildman–Crippen LogP) is 6.57. The molecular formula is C30H36OSi. The van der Waals surface area contributed by atoms with Gasteiger partial charge in [0.15, 0.2) is 0 Å². The Morgan fingerprint density at radius 1 is 0.875 bits per heavy atom. The van der Waals surface area contributed by atoms with Crippen LogP contribution in [0.4, 0.5) is 0 Å². The third-order valence-corrected chi connectivity index (χ3v) is 13.5. The molecule has 3 aromatic rings. The van der Waals surface area contributed by atoms with Gasteiger partial charge in [-0.05, 0) is 30.0 Å². The highest BCUT2D eigenvalue weighted by molar-refractivity contribution is 7.04. The quantitative estimate of drug-likeness (QED) is 0.219. The monoisotopic (exact) mass is 440 g/mol. The summed E-state index contributed by atoms with van der Waals surface area (Å²) in [5, 5.41) is 3.10. The van der Waals surface area contributed by atoms with Crippen molar-refractivity contribution < 1.29 is 4.74 Å².